The SMILES string of the molecule is O=C(O)COc1ccc(CCNC(=O)C2CC2c2cccc(F)c2F)cc1. The number of benzene rings is 2. The molecule has 2 atom stereocenters. The van der Waals surface area contributed by atoms with Crippen molar-refractivity contribution in [3.8, 4) is 5.75 Å². The standard InChI is InChI=1S/C20H19F2NO4/c21-17-3-1-2-14(19(17)22)15-10-16(15)20(26)23-9-8-12-4-6-13(7-5-12)27-11-18(24)25/h1-7,15-16H,8-11H2,(H,23,26)(H,24,25). The monoisotopic (exact) mass is 375 g/mol. The zero-order chi connectivity index (χ0) is 19.4. The molecule has 0 aliphatic heterocycles. The van der Waals surface area contributed by atoms with E-state index in [-0.39, 0.29) is 23.3 Å². The van der Waals surface area contributed by atoms with Crippen molar-refractivity contribution in [3.63, 3.8) is 0 Å². The number of rotatable bonds is 8. The number of aliphatic carboxylic acids is 1. The molecule has 1 aliphatic rings. The van der Waals surface area contributed by atoms with Crippen LogP contribution in [0.5, 0.6) is 5.75 Å². The predicted molar refractivity (Wildman–Crippen MR) is 93.5 cm³/mol. The van der Waals surface area contributed by atoms with Crippen molar-refractivity contribution in [2.24, 2.45) is 5.92 Å². The van der Waals surface area contributed by atoms with E-state index in [9.17, 15) is 18.4 Å². The van der Waals surface area contributed by atoms with Crippen molar-refractivity contribution < 1.29 is 28.2 Å². The highest BCUT2D eigenvalue weighted by atomic mass is 19.2. The quantitative estimate of drug-likeness (QED) is 0.744. The Bertz CT molecular complexity index is 838. The van der Waals surface area contributed by atoms with Crippen LogP contribution in [-0.2, 0) is 16.0 Å². The second-order valence-electron chi connectivity index (χ2n) is 6.46. The first kappa shape index (κ1) is 18.8. The van der Waals surface area contributed by atoms with E-state index in [1.54, 1.807) is 24.3 Å². The molecular formula is C20H19F2NO4. The summed E-state index contributed by atoms with van der Waals surface area (Å²) in [5.41, 5.74) is 1.22. The highest BCUT2D eigenvalue weighted by Gasteiger charge is 2.45. The molecule has 1 saturated carbocycles. The van der Waals surface area contributed by atoms with Gasteiger partial charge in [-0.1, -0.05) is 24.3 Å². The number of carbonyl (C=O) groups is 2. The summed E-state index contributed by atoms with van der Waals surface area (Å²) >= 11 is 0. The van der Waals surface area contributed by atoms with Gasteiger partial charge in [0.05, 0.1) is 0 Å². The molecule has 27 heavy (non-hydrogen) atoms. The largest absolute Gasteiger partial charge is 0.482 e. The van der Waals surface area contributed by atoms with Crippen molar-refractivity contribution in [1.29, 1.82) is 0 Å². The van der Waals surface area contributed by atoms with Gasteiger partial charge in [-0.3, -0.25) is 4.79 Å². The zero-order valence-corrected chi connectivity index (χ0v) is 14.5. The number of halogens is 2. The average Bonchev–Trinajstić information content (AvgIpc) is 3.44. The molecule has 0 saturated heterocycles. The molecule has 7 heteroatoms. The summed E-state index contributed by atoms with van der Waals surface area (Å²) in [4.78, 5) is 22.6. The van der Waals surface area contributed by atoms with Crippen molar-refractivity contribution >= 4 is 11.9 Å². The van der Waals surface area contributed by atoms with Gasteiger partial charge >= 0.3 is 5.97 Å². The first-order valence-corrected chi connectivity index (χ1v) is 8.61. The lowest BCUT2D eigenvalue weighted by Crippen LogP contribution is -2.27. The van der Waals surface area contributed by atoms with Crippen LogP contribution in [-0.4, -0.2) is 30.1 Å². The first-order chi connectivity index (χ1) is 13.0. The van der Waals surface area contributed by atoms with Gasteiger partial charge < -0.3 is 15.2 Å². The maximum absolute atomic E-state index is 13.8. The summed E-state index contributed by atoms with van der Waals surface area (Å²) < 4.78 is 32.1. The molecule has 2 unspecified atom stereocenters. The summed E-state index contributed by atoms with van der Waals surface area (Å²) in [5.74, 6) is -3.11. The van der Waals surface area contributed by atoms with Crippen LogP contribution < -0.4 is 10.1 Å². The van der Waals surface area contributed by atoms with Gasteiger partial charge in [0.25, 0.3) is 0 Å². The Kier molecular flexibility index (Phi) is 5.69. The van der Waals surface area contributed by atoms with Gasteiger partial charge in [-0.25, -0.2) is 13.6 Å². The Morgan fingerprint density at radius 2 is 1.89 bits per heavy atom. The molecular weight excluding hydrogens is 356 g/mol. The van der Waals surface area contributed by atoms with E-state index in [0.717, 1.165) is 11.6 Å². The molecule has 0 aromatic heterocycles. The Morgan fingerprint density at radius 1 is 1.15 bits per heavy atom. The number of hydrogen-bond donors (Lipinski definition) is 2. The molecule has 2 N–H and O–H groups in total. The lowest BCUT2D eigenvalue weighted by molar-refractivity contribution is -0.139. The van der Waals surface area contributed by atoms with Crippen molar-refractivity contribution in [3.05, 3.63) is 65.2 Å². The normalized spacial score (nSPS) is 18.0. The van der Waals surface area contributed by atoms with E-state index in [2.05, 4.69) is 5.32 Å². The minimum absolute atomic E-state index is 0.162. The Hall–Kier alpha value is -2.96. The zero-order valence-electron chi connectivity index (χ0n) is 14.5. The molecule has 0 heterocycles. The summed E-state index contributed by atoms with van der Waals surface area (Å²) in [6.07, 6.45) is 1.11. The lowest BCUT2D eigenvalue weighted by atomic mass is 10.1. The second-order valence-corrected chi connectivity index (χ2v) is 6.46. The number of amides is 1. The van der Waals surface area contributed by atoms with Crippen LogP contribution in [0.2, 0.25) is 0 Å². The third-order valence-corrected chi connectivity index (χ3v) is 4.51. The van der Waals surface area contributed by atoms with Crippen LogP contribution in [0.25, 0.3) is 0 Å². The van der Waals surface area contributed by atoms with Crippen molar-refractivity contribution in [2.45, 2.75) is 18.8 Å². The van der Waals surface area contributed by atoms with E-state index in [1.165, 1.54) is 12.1 Å². The molecule has 0 radical (unpaired) electrons. The van der Waals surface area contributed by atoms with Gasteiger partial charge in [0, 0.05) is 12.5 Å². The molecule has 2 aromatic rings. The van der Waals surface area contributed by atoms with E-state index < -0.39 is 24.2 Å². The van der Waals surface area contributed by atoms with Gasteiger partial charge in [-0.2, -0.15) is 0 Å². The molecule has 3 rings (SSSR count). The second kappa shape index (κ2) is 8.16. The first-order valence-electron chi connectivity index (χ1n) is 8.61. The van der Waals surface area contributed by atoms with Crippen LogP contribution in [0.3, 0.4) is 0 Å². The van der Waals surface area contributed by atoms with Crippen molar-refractivity contribution in [1.82, 2.24) is 5.32 Å². The minimum Gasteiger partial charge on any atom is -0.482 e. The number of carboxylic acid groups (broad SMARTS) is 1. The van der Waals surface area contributed by atoms with Gasteiger partial charge in [-0.05, 0) is 48.1 Å². The summed E-state index contributed by atoms with van der Waals surface area (Å²) in [5, 5.41) is 11.4. The number of carboxylic acids is 1. The maximum Gasteiger partial charge on any atom is 0.341 e. The van der Waals surface area contributed by atoms with Crippen molar-refractivity contribution in [2.75, 3.05) is 13.2 Å². The van der Waals surface area contributed by atoms with Gasteiger partial charge in [0.2, 0.25) is 5.91 Å². The van der Waals surface area contributed by atoms with Gasteiger partial charge in [-0.15, -0.1) is 0 Å². The maximum atomic E-state index is 13.8. The highest BCUT2D eigenvalue weighted by molar-refractivity contribution is 5.82. The lowest BCUT2D eigenvalue weighted by Gasteiger charge is -2.07. The molecule has 0 bridgehead atoms. The average molecular weight is 375 g/mol. The molecule has 1 fully saturated rings. The van der Waals surface area contributed by atoms with Crippen LogP contribution in [0.4, 0.5) is 8.78 Å². The van der Waals surface area contributed by atoms with Crippen LogP contribution in [0, 0.1) is 17.6 Å². The smallest absolute Gasteiger partial charge is 0.341 e. The molecule has 5 nitrogen and oxygen atoms in total. The van der Waals surface area contributed by atoms with E-state index in [1.807, 2.05) is 0 Å². The van der Waals surface area contributed by atoms with Crippen LogP contribution >= 0.6 is 0 Å². The van der Waals surface area contributed by atoms with Gasteiger partial charge in [0.15, 0.2) is 18.2 Å². The number of hydrogen-bond acceptors (Lipinski definition) is 3. The topological polar surface area (TPSA) is 75.6 Å². The Balaban J connectivity index is 1.44. The summed E-state index contributed by atoms with van der Waals surface area (Å²) in [6.45, 7) is 0.0207. The number of ether oxygens (including phenoxy) is 1. The predicted octanol–water partition coefficient (Wildman–Crippen LogP) is 2.89. The number of carbonyl (C=O) groups excluding carboxylic acids is 1. The van der Waals surface area contributed by atoms with E-state index in [4.69, 9.17) is 9.84 Å². The summed E-state index contributed by atoms with van der Waals surface area (Å²) in [7, 11) is 0. The fourth-order valence-electron chi connectivity index (χ4n) is 2.99. The molecule has 1 amide bonds. The molecule has 2 aromatic carbocycles. The third-order valence-electron chi connectivity index (χ3n) is 4.51. The Labute approximate surface area is 155 Å². The van der Waals surface area contributed by atoms with E-state index >= 15 is 0 Å². The molecule has 142 valence electrons. The fraction of sp³-hybridized carbons (Fsp3) is 0.300. The Morgan fingerprint density at radius 3 is 2.59 bits per heavy atom. The van der Waals surface area contributed by atoms with Crippen LogP contribution in [0.15, 0.2) is 42.5 Å². The number of nitrogens with one attached hydrogen (secondary N) is 1. The molecule has 1 aliphatic carbocycles. The van der Waals surface area contributed by atoms with E-state index in [0.29, 0.717) is 25.1 Å². The fourth-order valence-corrected chi connectivity index (χ4v) is 2.99. The van der Waals surface area contributed by atoms with Crippen LogP contribution in [0.1, 0.15) is 23.5 Å². The highest BCUT2D eigenvalue weighted by Crippen LogP contribution is 2.48. The third kappa shape index (κ3) is 4.81. The summed E-state index contributed by atoms with van der Waals surface area (Å²) in [6, 6.07) is 11.0. The minimum atomic E-state index is -1.04. The molecule has 0 spiro atoms. The van der Waals surface area contributed by atoms with Gasteiger partial charge in [0.1, 0.15) is 5.75 Å².